The molecule has 3 rings (SSSR count). The third kappa shape index (κ3) is 3.51. The SMILES string of the molecule is N#Cc1ccccc1C#Cc1ccccc1C#Cc1ccco1. The maximum Gasteiger partial charge on any atom is 0.176 e. The van der Waals surface area contributed by atoms with Crippen LogP contribution >= 0.6 is 0 Å². The second kappa shape index (κ2) is 6.86. The second-order valence-corrected chi connectivity index (χ2v) is 4.68. The molecule has 0 unspecified atom stereocenters. The number of benzene rings is 2. The van der Waals surface area contributed by atoms with Crippen molar-refractivity contribution in [2.75, 3.05) is 0 Å². The van der Waals surface area contributed by atoms with E-state index in [-0.39, 0.29) is 0 Å². The molecule has 0 aliphatic rings. The second-order valence-electron chi connectivity index (χ2n) is 4.68. The molecule has 2 nitrogen and oxygen atoms in total. The van der Waals surface area contributed by atoms with Gasteiger partial charge < -0.3 is 4.42 Å². The van der Waals surface area contributed by atoms with Crippen LogP contribution in [-0.2, 0) is 0 Å². The van der Waals surface area contributed by atoms with E-state index in [1.54, 1.807) is 18.4 Å². The molecule has 0 saturated carbocycles. The van der Waals surface area contributed by atoms with E-state index in [4.69, 9.17) is 9.68 Å². The molecular weight excluding hydrogens is 282 g/mol. The van der Waals surface area contributed by atoms with Crippen LogP contribution in [0.5, 0.6) is 0 Å². The van der Waals surface area contributed by atoms with Crippen molar-refractivity contribution in [2.45, 2.75) is 0 Å². The summed E-state index contributed by atoms with van der Waals surface area (Å²) in [4.78, 5) is 0. The van der Waals surface area contributed by atoms with E-state index in [1.807, 2.05) is 48.5 Å². The van der Waals surface area contributed by atoms with E-state index in [0.717, 1.165) is 11.1 Å². The summed E-state index contributed by atoms with van der Waals surface area (Å²) in [6.45, 7) is 0. The van der Waals surface area contributed by atoms with E-state index >= 15 is 0 Å². The Hall–Kier alpha value is -3.67. The molecule has 1 aromatic heterocycles. The molecule has 0 fully saturated rings. The summed E-state index contributed by atoms with van der Waals surface area (Å²) in [7, 11) is 0. The predicted molar refractivity (Wildman–Crippen MR) is 88.3 cm³/mol. The van der Waals surface area contributed by atoms with E-state index in [2.05, 4.69) is 29.8 Å². The average Bonchev–Trinajstić information content (AvgIpc) is 3.12. The van der Waals surface area contributed by atoms with Gasteiger partial charge >= 0.3 is 0 Å². The van der Waals surface area contributed by atoms with Crippen molar-refractivity contribution in [3.05, 3.63) is 94.9 Å². The average molecular weight is 293 g/mol. The van der Waals surface area contributed by atoms with Gasteiger partial charge in [0.1, 0.15) is 6.07 Å². The molecule has 0 aliphatic carbocycles. The Labute approximate surface area is 135 Å². The van der Waals surface area contributed by atoms with E-state index in [0.29, 0.717) is 16.9 Å². The molecule has 0 bridgehead atoms. The molecular formula is C21H11NO. The van der Waals surface area contributed by atoms with E-state index in [1.165, 1.54) is 0 Å². The van der Waals surface area contributed by atoms with Crippen LogP contribution in [0.3, 0.4) is 0 Å². The first-order valence-electron chi connectivity index (χ1n) is 7.02. The third-order valence-corrected chi connectivity index (χ3v) is 3.15. The van der Waals surface area contributed by atoms with Gasteiger partial charge in [0.05, 0.1) is 11.8 Å². The Balaban J connectivity index is 1.97. The molecule has 23 heavy (non-hydrogen) atoms. The van der Waals surface area contributed by atoms with Crippen LogP contribution in [0.1, 0.15) is 28.0 Å². The monoisotopic (exact) mass is 293 g/mol. The van der Waals surface area contributed by atoms with Crippen molar-refractivity contribution < 1.29 is 4.42 Å². The van der Waals surface area contributed by atoms with Gasteiger partial charge in [-0.3, -0.25) is 0 Å². The van der Waals surface area contributed by atoms with Gasteiger partial charge in [0.2, 0.25) is 0 Å². The molecule has 0 spiro atoms. The number of rotatable bonds is 0. The van der Waals surface area contributed by atoms with Gasteiger partial charge in [0.25, 0.3) is 0 Å². The van der Waals surface area contributed by atoms with Gasteiger partial charge in [-0.15, -0.1) is 0 Å². The lowest BCUT2D eigenvalue weighted by molar-refractivity contribution is 0.554. The van der Waals surface area contributed by atoms with Gasteiger partial charge in [0.15, 0.2) is 5.76 Å². The highest BCUT2D eigenvalue weighted by atomic mass is 16.3. The lowest BCUT2D eigenvalue weighted by Crippen LogP contribution is -1.85. The number of nitrogens with zero attached hydrogens (tertiary/aromatic N) is 1. The highest BCUT2D eigenvalue weighted by Crippen LogP contribution is 2.09. The van der Waals surface area contributed by atoms with Gasteiger partial charge in [-0.25, -0.2) is 0 Å². The Kier molecular flexibility index (Phi) is 4.26. The first-order chi connectivity index (χ1) is 11.4. The maximum absolute atomic E-state index is 9.11. The third-order valence-electron chi connectivity index (χ3n) is 3.15. The summed E-state index contributed by atoms with van der Waals surface area (Å²) in [6, 6.07) is 20.7. The zero-order chi connectivity index (χ0) is 15.9. The maximum atomic E-state index is 9.11. The van der Waals surface area contributed by atoms with E-state index in [9.17, 15) is 0 Å². The zero-order valence-corrected chi connectivity index (χ0v) is 12.2. The van der Waals surface area contributed by atoms with Crippen molar-refractivity contribution in [1.82, 2.24) is 0 Å². The molecule has 0 radical (unpaired) electrons. The topological polar surface area (TPSA) is 36.9 Å². The lowest BCUT2D eigenvalue weighted by atomic mass is 10.1. The minimum atomic E-state index is 0.569. The lowest BCUT2D eigenvalue weighted by Gasteiger charge is -1.96. The Morgan fingerprint density at radius 2 is 1.13 bits per heavy atom. The van der Waals surface area contributed by atoms with Gasteiger partial charge in [-0.05, 0) is 42.3 Å². The van der Waals surface area contributed by atoms with Crippen LogP contribution in [0.4, 0.5) is 0 Å². The van der Waals surface area contributed by atoms with Crippen LogP contribution in [0.25, 0.3) is 0 Å². The number of hydrogen-bond acceptors (Lipinski definition) is 2. The smallest absolute Gasteiger partial charge is 0.176 e. The molecule has 2 aromatic carbocycles. The van der Waals surface area contributed by atoms with Gasteiger partial charge in [-0.2, -0.15) is 5.26 Å². The van der Waals surface area contributed by atoms with Crippen LogP contribution in [0, 0.1) is 35.0 Å². The minimum Gasteiger partial charge on any atom is -0.456 e. The molecule has 2 heteroatoms. The van der Waals surface area contributed by atoms with Gasteiger partial charge in [0, 0.05) is 16.7 Å². The fraction of sp³-hybridized carbons (Fsp3) is 0. The highest BCUT2D eigenvalue weighted by Gasteiger charge is 1.98. The van der Waals surface area contributed by atoms with E-state index < -0.39 is 0 Å². The Morgan fingerprint density at radius 3 is 1.65 bits per heavy atom. The van der Waals surface area contributed by atoms with Crippen LogP contribution in [-0.4, -0.2) is 0 Å². The first kappa shape index (κ1) is 14.3. The van der Waals surface area contributed by atoms with Crippen molar-refractivity contribution in [2.24, 2.45) is 0 Å². The molecule has 0 atom stereocenters. The standard InChI is InChI=1S/C21H11NO/c22-16-20-9-4-3-8-19(20)12-11-17-6-1-2-7-18(17)13-14-21-10-5-15-23-21/h1-10,15H. The molecule has 106 valence electrons. The highest BCUT2D eigenvalue weighted by molar-refractivity contribution is 5.55. The molecule has 0 saturated heterocycles. The summed E-state index contributed by atoms with van der Waals surface area (Å²) >= 11 is 0. The Morgan fingerprint density at radius 1 is 0.609 bits per heavy atom. The van der Waals surface area contributed by atoms with Gasteiger partial charge in [-0.1, -0.05) is 42.0 Å². The summed E-state index contributed by atoms with van der Waals surface area (Å²) in [6.07, 6.45) is 1.59. The largest absolute Gasteiger partial charge is 0.456 e. The van der Waals surface area contributed by atoms with Crippen molar-refractivity contribution in [3.63, 3.8) is 0 Å². The van der Waals surface area contributed by atoms with Crippen LogP contribution in [0.15, 0.2) is 71.3 Å². The summed E-state index contributed by atoms with van der Waals surface area (Å²) < 4.78 is 5.21. The molecule has 0 N–H and O–H groups in total. The summed E-state index contributed by atoms with van der Waals surface area (Å²) in [5, 5.41) is 9.11. The molecule has 0 aliphatic heterocycles. The predicted octanol–water partition coefficient (Wildman–Crippen LogP) is 3.95. The fourth-order valence-corrected chi connectivity index (χ4v) is 2.00. The summed E-state index contributed by atoms with van der Waals surface area (Å²) in [5.41, 5.74) is 2.92. The summed E-state index contributed by atoms with van der Waals surface area (Å²) in [5.74, 6) is 12.8. The first-order valence-corrected chi connectivity index (χ1v) is 7.02. The molecule has 3 aromatic rings. The Bertz CT molecular complexity index is 984. The van der Waals surface area contributed by atoms with Crippen molar-refractivity contribution in [3.8, 4) is 29.8 Å². The number of hydrogen-bond donors (Lipinski definition) is 0. The number of furan rings is 1. The quantitative estimate of drug-likeness (QED) is 0.588. The van der Waals surface area contributed by atoms with Crippen molar-refractivity contribution >= 4 is 0 Å². The number of nitriles is 1. The molecule has 1 heterocycles. The van der Waals surface area contributed by atoms with Crippen LogP contribution < -0.4 is 0 Å². The molecule has 0 amide bonds. The normalized spacial score (nSPS) is 9.00. The minimum absolute atomic E-state index is 0.569. The zero-order valence-electron chi connectivity index (χ0n) is 12.2. The van der Waals surface area contributed by atoms with Crippen LogP contribution in [0.2, 0.25) is 0 Å². The fourth-order valence-electron chi connectivity index (χ4n) is 2.00. The van der Waals surface area contributed by atoms with Crippen molar-refractivity contribution in [1.29, 1.82) is 5.26 Å².